The molecule has 0 aromatic carbocycles. The quantitative estimate of drug-likeness (QED) is 0.767. The van der Waals surface area contributed by atoms with Gasteiger partial charge in [0.25, 0.3) is 0 Å². The topological polar surface area (TPSA) is 25.4 Å². The summed E-state index contributed by atoms with van der Waals surface area (Å²) in [5.74, 6) is 1.54. The Morgan fingerprint density at radius 3 is 3.22 bits per heavy atom. The van der Waals surface area contributed by atoms with E-state index in [1.165, 1.54) is 0 Å². The molecular weight excluding hydrogens is 248 g/mol. The number of aromatic nitrogens is 1. The minimum Gasteiger partial charge on any atom is -0.376 e. The van der Waals surface area contributed by atoms with E-state index in [1.807, 2.05) is 18.3 Å². The Kier molecular flexibility index (Phi) is 5.26. The second-order valence-electron chi connectivity index (χ2n) is 4.70. The van der Waals surface area contributed by atoms with Gasteiger partial charge in [0.15, 0.2) is 0 Å². The van der Waals surface area contributed by atoms with Crippen molar-refractivity contribution in [3.05, 3.63) is 23.9 Å². The number of hydrogen-bond acceptors (Lipinski definition) is 3. The lowest BCUT2D eigenvalue weighted by molar-refractivity contribution is 0.0439. The molecule has 3 nitrogen and oxygen atoms in total. The molecule has 1 atom stereocenters. The molecule has 1 aliphatic rings. The van der Waals surface area contributed by atoms with E-state index >= 15 is 0 Å². The van der Waals surface area contributed by atoms with Crippen LogP contribution in [-0.4, -0.2) is 30.8 Å². The standard InChI is InChI=1S/C14H21ClN2O/c1-2-9-18-13-6-4-8-17(11-13)14-12(10-15)5-3-7-16-14/h3,5,7,13H,2,4,6,8-11H2,1H3. The molecule has 1 unspecified atom stereocenters. The fourth-order valence-electron chi connectivity index (χ4n) is 2.37. The summed E-state index contributed by atoms with van der Waals surface area (Å²) in [4.78, 5) is 6.78. The van der Waals surface area contributed by atoms with Gasteiger partial charge in [0, 0.05) is 31.5 Å². The first-order valence-electron chi connectivity index (χ1n) is 6.71. The van der Waals surface area contributed by atoms with E-state index in [0.717, 1.165) is 50.3 Å². The Hall–Kier alpha value is -0.800. The van der Waals surface area contributed by atoms with Crippen molar-refractivity contribution in [2.75, 3.05) is 24.6 Å². The first kappa shape index (κ1) is 13.6. The molecule has 1 saturated heterocycles. The van der Waals surface area contributed by atoms with Gasteiger partial charge in [-0.25, -0.2) is 4.98 Å². The fraction of sp³-hybridized carbons (Fsp3) is 0.643. The van der Waals surface area contributed by atoms with Crippen molar-refractivity contribution in [1.82, 2.24) is 4.98 Å². The van der Waals surface area contributed by atoms with Gasteiger partial charge < -0.3 is 9.64 Å². The molecular formula is C14H21ClN2O. The number of alkyl halides is 1. The van der Waals surface area contributed by atoms with Crippen molar-refractivity contribution in [3.8, 4) is 0 Å². The average molecular weight is 269 g/mol. The van der Waals surface area contributed by atoms with Gasteiger partial charge in [0.05, 0.1) is 12.0 Å². The molecule has 18 heavy (non-hydrogen) atoms. The molecule has 0 amide bonds. The van der Waals surface area contributed by atoms with E-state index in [1.54, 1.807) is 0 Å². The van der Waals surface area contributed by atoms with Crippen molar-refractivity contribution in [2.45, 2.75) is 38.2 Å². The van der Waals surface area contributed by atoms with Crippen LogP contribution in [-0.2, 0) is 10.6 Å². The summed E-state index contributed by atoms with van der Waals surface area (Å²) in [6, 6.07) is 3.99. The highest BCUT2D eigenvalue weighted by molar-refractivity contribution is 6.17. The summed E-state index contributed by atoms with van der Waals surface area (Å²) in [5, 5.41) is 0. The third kappa shape index (κ3) is 3.36. The van der Waals surface area contributed by atoms with Gasteiger partial charge in [0.1, 0.15) is 5.82 Å². The van der Waals surface area contributed by atoms with Gasteiger partial charge in [-0.1, -0.05) is 13.0 Å². The Balaban J connectivity index is 2.03. The third-order valence-electron chi connectivity index (χ3n) is 3.25. The zero-order valence-electron chi connectivity index (χ0n) is 10.9. The second-order valence-corrected chi connectivity index (χ2v) is 4.97. The van der Waals surface area contributed by atoms with Crippen LogP contribution in [0.4, 0.5) is 5.82 Å². The van der Waals surface area contributed by atoms with Gasteiger partial charge in [-0.15, -0.1) is 11.6 Å². The number of anilines is 1. The third-order valence-corrected chi connectivity index (χ3v) is 3.53. The van der Waals surface area contributed by atoms with Gasteiger partial charge in [0.2, 0.25) is 0 Å². The van der Waals surface area contributed by atoms with Crippen molar-refractivity contribution in [3.63, 3.8) is 0 Å². The summed E-state index contributed by atoms with van der Waals surface area (Å²) in [7, 11) is 0. The van der Waals surface area contributed by atoms with Gasteiger partial charge in [-0.05, 0) is 25.3 Å². The number of hydrogen-bond donors (Lipinski definition) is 0. The van der Waals surface area contributed by atoms with Crippen molar-refractivity contribution < 1.29 is 4.74 Å². The summed E-state index contributed by atoms with van der Waals surface area (Å²) >= 11 is 5.97. The normalized spacial score (nSPS) is 20.1. The number of nitrogens with zero attached hydrogens (tertiary/aromatic N) is 2. The van der Waals surface area contributed by atoms with E-state index in [2.05, 4.69) is 16.8 Å². The van der Waals surface area contributed by atoms with Crippen LogP contribution < -0.4 is 4.90 Å². The Bertz CT molecular complexity index is 373. The number of halogens is 1. The minimum atomic E-state index is 0.337. The molecule has 1 aromatic rings. The Labute approximate surface area is 114 Å². The van der Waals surface area contributed by atoms with E-state index < -0.39 is 0 Å². The summed E-state index contributed by atoms with van der Waals surface area (Å²) in [5.41, 5.74) is 1.11. The van der Waals surface area contributed by atoms with Crippen molar-refractivity contribution >= 4 is 17.4 Å². The molecule has 100 valence electrons. The molecule has 0 spiro atoms. The fourth-order valence-corrected chi connectivity index (χ4v) is 2.58. The lowest BCUT2D eigenvalue weighted by Crippen LogP contribution is -2.40. The smallest absolute Gasteiger partial charge is 0.133 e. The van der Waals surface area contributed by atoms with Crippen LogP contribution in [0, 0.1) is 0 Å². The van der Waals surface area contributed by atoms with E-state index in [-0.39, 0.29) is 0 Å². The lowest BCUT2D eigenvalue weighted by atomic mass is 10.1. The summed E-state index contributed by atoms with van der Waals surface area (Å²) < 4.78 is 5.85. The molecule has 1 aliphatic heterocycles. The summed E-state index contributed by atoms with van der Waals surface area (Å²) in [6.45, 7) is 4.97. The van der Waals surface area contributed by atoms with Crippen LogP contribution in [0.15, 0.2) is 18.3 Å². The maximum absolute atomic E-state index is 5.97. The van der Waals surface area contributed by atoms with Crippen LogP contribution in [0.2, 0.25) is 0 Å². The highest BCUT2D eigenvalue weighted by Crippen LogP contribution is 2.24. The van der Waals surface area contributed by atoms with E-state index in [9.17, 15) is 0 Å². The lowest BCUT2D eigenvalue weighted by Gasteiger charge is -2.34. The number of rotatable bonds is 5. The average Bonchev–Trinajstić information content (AvgIpc) is 2.45. The minimum absolute atomic E-state index is 0.337. The molecule has 4 heteroatoms. The van der Waals surface area contributed by atoms with Crippen LogP contribution in [0.3, 0.4) is 0 Å². The maximum Gasteiger partial charge on any atom is 0.133 e. The number of pyridine rings is 1. The van der Waals surface area contributed by atoms with Crippen molar-refractivity contribution in [2.24, 2.45) is 0 Å². The summed E-state index contributed by atoms with van der Waals surface area (Å²) in [6.07, 6.45) is 5.56. The van der Waals surface area contributed by atoms with Crippen LogP contribution in [0.5, 0.6) is 0 Å². The molecule has 0 N–H and O–H groups in total. The molecule has 1 aromatic heterocycles. The molecule has 0 aliphatic carbocycles. The van der Waals surface area contributed by atoms with Crippen LogP contribution in [0.25, 0.3) is 0 Å². The predicted octanol–water partition coefficient (Wildman–Crippen LogP) is 3.22. The predicted molar refractivity (Wildman–Crippen MR) is 75.3 cm³/mol. The van der Waals surface area contributed by atoms with Crippen LogP contribution >= 0.6 is 11.6 Å². The molecule has 2 rings (SSSR count). The van der Waals surface area contributed by atoms with E-state index in [0.29, 0.717) is 12.0 Å². The molecule has 0 radical (unpaired) electrons. The monoisotopic (exact) mass is 268 g/mol. The Morgan fingerprint density at radius 1 is 1.56 bits per heavy atom. The highest BCUT2D eigenvalue weighted by Gasteiger charge is 2.22. The SMILES string of the molecule is CCCOC1CCCN(c2ncccc2CCl)C1. The molecule has 1 fully saturated rings. The number of piperidine rings is 1. The van der Waals surface area contributed by atoms with Crippen LogP contribution in [0.1, 0.15) is 31.7 Å². The Morgan fingerprint density at radius 2 is 2.44 bits per heavy atom. The highest BCUT2D eigenvalue weighted by atomic mass is 35.5. The van der Waals surface area contributed by atoms with E-state index in [4.69, 9.17) is 16.3 Å². The van der Waals surface area contributed by atoms with Gasteiger partial charge in [-0.3, -0.25) is 0 Å². The molecule has 0 saturated carbocycles. The first-order valence-corrected chi connectivity index (χ1v) is 7.25. The zero-order chi connectivity index (χ0) is 12.8. The molecule has 2 heterocycles. The van der Waals surface area contributed by atoms with Gasteiger partial charge in [-0.2, -0.15) is 0 Å². The van der Waals surface area contributed by atoms with Gasteiger partial charge >= 0.3 is 0 Å². The second kappa shape index (κ2) is 6.95. The first-order chi connectivity index (χ1) is 8.85. The zero-order valence-corrected chi connectivity index (χ0v) is 11.7. The van der Waals surface area contributed by atoms with Crippen molar-refractivity contribution in [1.29, 1.82) is 0 Å². The maximum atomic E-state index is 5.97. The number of ether oxygens (including phenoxy) is 1. The largest absolute Gasteiger partial charge is 0.376 e. The molecule has 0 bridgehead atoms.